The first-order valence-electron chi connectivity index (χ1n) is 8.25. The lowest BCUT2D eigenvalue weighted by molar-refractivity contribution is -0.118. The van der Waals surface area contributed by atoms with Crippen LogP contribution >= 0.6 is 23.2 Å². The van der Waals surface area contributed by atoms with E-state index in [4.69, 9.17) is 27.9 Å². The number of amides is 1. The summed E-state index contributed by atoms with van der Waals surface area (Å²) in [6.45, 7) is 3.93. The molecule has 1 amide bonds. The Balaban J connectivity index is 2.13. The van der Waals surface area contributed by atoms with Crippen molar-refractivity contribution in [2.75, 3.05) is 25.0 Å². The van der Waals surface area contributed by atoms with Crippen molar-refractivity contribution in [2.45, 2.75) is 18.7 Å². The third-order valence-corrected chi connectivity index (χ3v) is 6.33. The second-order valence-electron chi connectivity index (χ2n) is 5.53. The highest BCUT2D eigenvalue weighted by atomic mass is 35.5. The fraction of sp³-hybridized carbons (Fsp3) is 0.278. The number of hydrogen-bond donors (Lipinski definition) is 1. The first-order chi connectivity index (χ1) is 12.8. The number of carbonyl (C=O) groups is 1. The number of ether oxygens (including phenoxy) is 1. The second-order valence-corrected chi connectivity index (χ2v) is 8.31. The number of anilines is 1. The van der Waals surface area contributed by atoms with Crippen molar-refractivity contribution in [1.82, 2.24) is 4.31 Å². The van der Waals surface area contributed by atoms with E-state index in [9.17, 15) is 13.2 Å². The number of sulfonamides is 1. The fourth-order valence-electron chi connectivity index (χ4n) is 2.37. The van der Waals surface area contributed by atoms with E-state index in [1.165, 1.54) is 22.5 Å². The van der Waals surface area contributed by atoms with Gasteiger partial charge in [-0.2, -0.15) is 4.31 Å². The highest BCUT2D eigenvalue weighted by Gasteiger charge is 2.22. The van der Waals surface area contributed by atoms with Crippen LogP contribution in [0.2, 0.25) is 10.0 Å². The summed E-state index contributed by atoms with van der Waals surface area (Å²) >= 11 is 12.0. The van der Waals surface area contributed by atoms with Gasteiger partial charge in [0.1, 0.15) is 5.75 Å². The first-order valence-corrected chi connectivity index (χ1v) is 10.5. The van der Waals surface area contributed by atoms with E-state index in [-0.39, 0.29) is 22.2 Å². The maximum absolute atomic E-state index is 12.6. The highest BCUT2D eigenvalue weighted by molar-refractivity contribution is 7.89. The van der Waals surface area contributed by atoms with E-state index >= 15 is 0 Å². The largest absolute Gasteiger partial charge is 0.484 e. The second kappa shape index (κ2) is 9.41. The molecule has 0 aliphatic carbocycles. The predicted octanol–water partition coefficient (Wildman–Crippen LogP) is 4.04. The molecule has 9 heteroatoms. The number of nitrogens with one attached hydrogen (secondary N) is 1. The maximum atomic E-state index is 12.6. The molecular weight excluding hydrogens is 411 g/mol. The van der Waals surface area contributed by atoms with Crippen LogP contribution in [0.15, 0.2) is 47.4 Å². The van der Waals surface area contributed by atoms with Gasteiger partial charge < -0.3 is 10.1 Å². The number of nitrogens with zero attached hydrogens (tertiary/aromatic N) is 1. The zero-order valence-electron chi connectivity index (χ0n) is 14.9. The quantitative estimate of drug-likeness (QED) is 0.685. The summed E-state index contributed by atoms with van der Waals surface area (Å²) < 4.78 is 31.9. The summed E-state index contributed by atoms with van der Waals surface area (Å²) in [5, 5.41) is 3.29. The van der Waals surface area contributed by atoms with Gasteiger partial charge in [-0.15, -0.1) is 0 Å². The van der Waals surface area contributed by atoms with Gasteiger partial charge in [0, 0.05) is 18.1 Å². The van der Waals surface area contributed by atoms with Gasteiger partial charge >= 0.3 is 0 Å². The predicted molar refractivity (Wildman–Crippen MR) is 107 cm³/mol. The van der Waals surface area contributed by atoms with Gasteiger partial charge in [-0.25, -0.2) is 8.42 Å². The molecule has 2 rings (SSSR count). The number of benzene rings is 2. The lowest BCUT2D eigenvalue weighted by atomic mass is 10.3. The van der Waals surface area contributed by atoms with Crippen LogP contribution in [0.3, 0.4) is 0 Å². The minimum absolute atomic E-state index is 0.0571. The highest BCUT2D eigenvalue weighted by Crippen LogP contribution is 2.27. The van der Waals surface area contributed by atoms with Crippen molar-refractivity contribution >= 4 is 44.8 Å². The van der Waals surface area contributed by atoms with E-state index in [0.29, 0.717) is 23.9 Å². The molecule has 0 saturated carbocycles. The number of hydrogen-bond acceptors (Lipinski definition) is 4. The van der Waals surface area contributed by atoms with E-state index in [1.807, 2.05) is 0 Å². The van der Waals surface area contributed by atoms with Crippen LogP contribution in [0.25, 0.3) is 0 Å². The maximum Gasteiger partial charge on any atom is 0.262 e. The van der Waals surface area contributed by atoms with Crippen molar-refractivity contribution in [3.05, 3.63) is 52.5 Å². The van der Waals surface area contributed by atoms with Crippen LogP contribution < -0.4 is 10.1 Å². The number of rotatable bonds is 8. The Bertz CT molecular complexity index is 915. The van der Waals surface area contributed by atoms with Crippen molar-refractivity contribution in [3.63, 3.8) is 0 Å². The summed E-state index contributed by atoms with van der Waals surface area (Å²) in [5.41, 5.74) is 0.199. The van der Waals surface area contributed by atoms with Crippen molar-refractivity contribution < 1.29 is 17.9 Å². The molecule has 0 heterocycles. The zero-order chi connectivity index (χ0) is 20.0. The molecule has 0 atom stereocenters. The monoisotopic (exact) mass is 430 g/mol. The van der Waals surface area contributed by atoms with Crippen LogP contribution in [-0.2, 0) is 14.8 Å². The Hall–Kier alpha value is -1.80. The summed E-state index contributed by atoms with van der Waals surface area (Å²) in [7, 11) is -3.66. The molecule has 0 unspecified atom stereocenters. The molecule has 0 fully saturated rings. The van der Waals surface area contributed by atoms with Gasteiger partial charge in [-0.05, 0) is 36.4 Å². The molecule has 0 saturated heterocycles. The van der Waals surface area contributed by atoms with Gasteiger partial charge in [0.15, 0.2) is 6.61 Å². The van der Waals surface area contributed by atoms with Crippen LogP contribution in [0.1, 0.15) is 13.8 Å². The Morgan fingerprint density at radius 3 is 2.44 bits per heavy atom. The van der Waals surface area contributed by atoms with Crippen LogP contribution in [0.4, 0.5) is 5.69 Å². The minimum atomic E-state index is -3.66. The van der Waals surface area contributed by atoms with E-state index in [2.05, 4.69) is 5.32 Å². The lowest BCUT2D eigenvalue weighted by Gasteiger charge is -2.19. The molecule has 0 spiro atoms. The van der Waals surface area contributed by atoms with E-state index in [1.54, 1.807) is 38.1 Å². The summed E-state index contributed by atoms with van der Waals surface area (Å²) in [4.78, 5) is 12.2. The van der Waals surface area contributed by atoms with Crippen molar-refractivity contribution in [3.8, 4) is 5.75 Å². The smallest absolute Gasteiger partial charge is 0.262 e. The zero-order valence-corrected chi connectivity index (χ0v) is 17.2. The van der Waals surface area contributed by atoms with Crippen molar-refractivity contribution in [1.29, 1.82) is 0 Å². The SMILES string of the molecule is CCN(CC)S(=O)(=O)c1ccc(Cl)c(NC(=O)COc2cccc(Cl)c2)c1. The molecule has 2 aromatic rings. The van der Waals surface area contributed by atoms with Gasteiger partial charge in [-0.3, -0.25) is 4.79 Å². The van der Waals surface area contributed by atoms with Crippen LogP contribution in [0.5, 0.6) is 5.75 Å². The fourth-order valence-corrected chi connectivity index (χ4v) is 4.20. The molecule has 0 bridgehead atoms. The van der Waals surface area contributed by atoms with E-state index < -0.39 is 15.9 Å². The Labute approximate surface area is 169 Å². The van der Waals surface area contributed by atoms with Crippen molar-refractivity contribution in [2.24, 2.45) is 0 Å². The number of carbonyl (C=O) groups excluding carboxylic acids is 1. The third kappa shape index (κ3) is 5.59. The molecular formula is C18H20Cl2N2O4S. The van der Waals surface area contributed by atoms with Crippen LogP contribution in [-0.4, -0.2) is 38.3 Å². The molecule has 0 aromatic heterocycles. The van der Waals surface area contributed by atoms with Gasteiger partial charge in [-0.1, -0.05) is 43.1 Å². The normalized spacial score (nSPS) is 11.4. The molecule has 146 valence electrons. The summed E-state index contributed by atoms with van der Waals surface area (Å²) in [5.74, 6) is -0.0316. The first kappa shape index (κ1) is 21.5. The molecule has 2 aromatic carbocycles. The number of halogens is 2. The Morgan fingerprint density at radius 2 is 1.81 bits per heavy atom. The average molecular weight is 431 g/mol. The molecule has 27 heavy (non-hydrogen) atoms. The molecule has 6 nitrogen and oxygen atoms in total. The molecule has 0 aliphatic rings. The topological polar surface area (TPSA) is 75.7 Å². The van der Waals surface area contributed by atoms with E-state index in [0.717, 1.165) is 0 Å². The van der Waals surface area contributed by atoms with Crippen LogP contribution in [0, 0.1) is 0 Å². The standard InChI is InChI=1S/C18H20Cl2N2O4S/c1-3-22(4-2)27(24,25)15-8-9-16(20)17(11-15)21-18(23)12-26-14-7-5-6-13(19)10-14/h5-11H,3-4,12H2,1-2H3,(H,21,23). The average Bonchev–Trinajstić information content (AvgIpc) is 2.62. The Kier molecular flexibility index (Phi) is 7.49. The Morgan fingerprint density at radius 1 is 1.11 bits per heavy atom. The van der Waals surface area contributed by atoms with Gasteiger partial charge in [0.2, 0.25) is 10.0 Å². The summed E-state index contributed by atoms with van der Waals surface area (Å²) in [6, 6.07) is 10.8. The molecule has 0 radical (unpaired) electrons. The minimum Gasteiger partial charge on any atom is -0.484 e. The third-order valence-electron chi connectivity index (χ3n) is 3.72. The van der Waals surface area contributed by atoms with Gasteiger partial charge in [0.25, 0.3) is 5.91 Å². The molecule has 1 N–H and O–H groups in total. The molecule has 0 aliphatic heterocycles. The van der Waals surface area contributed by atoms with Gasteiger partial charge in [0.05, 0.1) is 15.6 Å². The lowest BCUT2D eigenvalue weighted by Crippen LogP contribution is -2.30. The summed E-state index contributed by atoms with van der Waals surface area (Å²) in [6.07, 6.45) is 0.